The molecule has 0 aliphatic carbocycles. The summed E-state index contributed by atoms with van der Waals surface area (Å²) in [7, 11) is 1.65. The number of anilines is 1. The van der Waals surface area contributed by atoms with Crippen LogP contribution in [0.1, 0.15) is 5.56 Å². The van der Waals surface area contributed by atoms with Crippen molar-refractivity contribution >= 4 is 28.3 Å². The lowest BCUT2D eigenvalue weighted by atomic mass is 10.2. The van der Waals surface area contributed by atoms with E-state index in [1.54, 1.807) is 7.11 Å². The van der Waals surface area contributed by atoms with Gasteiger partial charge >= 0.3 is 0 Å². The van der Waals surface area contributed by atoms with E-state index in [9.17, 15) is 0 Å². The molecule has 0 saturated carbocycles. The zero-order valence-corrected chi connectivity index (χ0v) is 10.2. The third-order valence-corrected chi connectivity index (χ3v) is 2.95. The number of nitrogens with one attached hydrogen (secondary N) is 1. The Balaban J connectivity index is 1.94. The Kier molecular flexibility index (Phi) is 3.58. The van der Waals surface area contributed by atoms with Crippen molar-refractivity contribution in [1.82, 2.24) is 9.36 Å². The number of aromatic nitrogens is 2. The number of rotatable bonds is 4. The number of halogens is 1. The van der Waals surface area contributed by atoms with Gasteiger partial charge in [-0.2, -0.15) is 9.36 Å². The van der Waals surface area contributed by atoms with E-state index in [0.717, 1.165) is 16.4 Å². The van der Waals surface area contributed by atoms with Gasteiger partial charge in [0.2, 0.25) is 10.4 Å². The van der Waals surface area contributed by atoms with Crippen molar-refractivity contribution in [2.24, 2.45) is 0 Å². The van der Waals surface area contributed by atoms with Gasteiger partial charge < -0.3 is 10.1 Å². The maximum absolute atomic E-state index is 5.61. The highest BCUT2D eigenvalue weighted by Crippen LogP contribution is 2.16. The summed E-state index contributed by atoms with van der Waals surface area (Å²) < 4.78 is 8.95. The minimum absolute atomic E-state index is 0.280. The highest BCUT2D eigenvalue weighted by Gasteiger charge is 2.00. The van der Waals surface area contributed by atoms with Crippen LogP contribution in [-0.2, 0) is 6.54 Å². The monoisotopic (exact) mass is 255 g/mol. The van der Waals surface area contributed by atoms with E-state index < -0.39 is 0 Å². The summed E-state index contributed by atoms with van der Waals surface area (Å²) in [6, 6.07) is 7.83. The van der Waals surface area contributed by atoms with E-state index in [4.69, 9.17) is 16.3 Å². The van der Waals surface area contributed by atoms with Crippen molar-refractivity contribution < 1.29 is 4.74 Å². The highest BCUT2D eigenvalue weighted by molar-refractivity contribution is 7.09. The Hall–Kier alpha value is -1.33. The van der Waals surface area contributed by atoms with Gasteiger partial charge in [-0.1, -0.05) is 12.1 Å². The van der Waals surface area contributed by atoms with Crippen molar-refractivity contribution in [2.45, 2.75) is 6.54 Å². The van der Waals surface area contributed by atoms with Crippen LogP contribution in [-0.4, -0.2) is 16.5 Å². The summed E-state index contributed by atoms with van der Waals surface area (Å²) in [5, 5.41) is 4.14. The maximum atomic E-state index is 5.61. The molecular weight excluding hydrogens is 246 g/mol. The Bertz CT molecular complexity index is 457. The minimum Gasteiger partial charge on any atom is -0.497 e. The second-order valence-corrected chi connectivity index (χ2v) is 4.16. The van der Waals surface area contributed by atoms with Gasteiger partial charge in [-0.15, -0.1) is 0 Å². The number of nitrogens with zero attached hydrogens (tertiary/aromatic N) is 2. The van der Waals surface area contributed by atoms with Crippen LogP contribution in [0.25, 0.3) is 0 Å². The number of benzene rings is 1. The smallest absolute Gasteiger partial charge is 0.236 e. The SMILES string of the molecule is COc1ccc(CNc2nc(Cl)ns2)cc1. The molecule has 0 saturated heterocycles. The zero-order valence-electron chi connectivity index (χ0n) is 8.61. The number of ether oxygens (including phenoxy) is 1. The van der Waals surface area contributed by atoms with Gasteiger partial charge in [0.25, 0.3) is 0 Å². The molecule has 0 bridgehead atoms. The van der Waals surface area contributed by atoms with E-state index in [2.05, 4.69) is 14.7 Å². The number of methoxy groups -OCH3 is 1. The first-order valence-corrected chi connectivity index (χ1v) is 5.79. The van der Waals surface area contributed by atoms with Gasteiger partial charge in [-0.3, -0.25) is 0 Å². The Morgan fingerprint density at radius 1 is 1.38 bits per heavy atom. The Morgan fingerprint density at radius 3 is 2.69 bits per heavy atom. The molecule has 1 N–H and O–H groups in total. The van der Waals surface area contributed by atoms with E-state index in [-0.39, 0.29) is 5.28 Å². The summed E-state index contributed by atoms with van der Waals surface area (Å²) in [6.07, 6.45) is 0. The van der Waals surface area contributed by atoms with Gasteiger partial charge in [0.05, 0.1) is 7.11 Å². The molecule has 2 rings (SSSR count). The van der Waals surface area contributed by atoms with E-state index in [0.29, 0.717) is 6.54 Å². The van der Waals surface area contributed by atoms with Crippen LogP contribution in [0.2, 0.25) is 5.28 Å². The molecular formula is C10H10ClN3OS. The van der Waals surface area contributed by atoms with E-state index >= 15 is 0 Å². The lowest BCUT2D eigenvalue weighted by Gasteiger charge is -2.03. The summed E-state index contributed by atoms with van der Waals surface area (Å²) >= 11 is 6.86. The van der Waals surface area contributed by atoms with Crippen molar-refractivity contribution in [1.29, 1.82) is 0 Å². The molecule has 6 heteroatoms. The third-order valence-electron chi connectivity index (χ3n) is 2.00. The maximum Gasteiger partial charge on any atom is 0.236 e. The highest BCUT2D eigenvalue weighted by atomic mass is 35.5. The molecule has 0 radical (unpaired) electrons. The quantitative estimate of drug-likeness (QED) is 0.913. The first-order valence-electron chi connectivity index (χ1n) is 4.64. The minimum atomic E-state index is 0.280. The predicted octanol–water partition coefficient (Wildman–Crippen LogP) is 2.81. The zero-order chi connectivity index (χ0) is 11.4. The lowest BCUT2D eigenvalue weighted by Crippen LogP contribution is -1.98. The van der Waals surface area contributed by atoms with Crippen molar-refractivity contribution in [3.8, 4) is 5.75 Å². The van der Waals surface area contributed by atoms with E-state index in [1.165, 1.54) is 11.5 Å². The number of hydrogen-bond acceptors (Lipinski definition) is 5. The van der Waals surface area contributed by atoms with Crippen LogP contribution in [0, 0.1) is 0 Å². The van der Waals surface area contributed by atoms with Crippen molar-refractivity contribution in [3.05, 3.63) is 35.1 Å². The topological polar surface area (TPSA) is 47.0 Å². The molecule has 0 amide bonds. The summed E-state index contributed by atoms with van der Waals surface area (Å²) in [4.78, 5) is 4.00. The van der Waals surface area contributed by atoms with Crippen molar-refractivity contribution in [3.63, 3.8) is 0 Å². The summed E-state index contributed by atoms with van der Waals surface area (Å²) in [5.74, 6) is 0.850. The second kappa shape index (κ2) is 5.14. The molecule has 4 nitrogen and oxygen atoms in total. The normalized spacial score (nSPS) is 10.1. The fourth-order valence-corrected chi connectivity index (χ4v) is 1.90. The van der Waals surface area contributed by atoms with Crippen LogP contribution in [0.15, 0.2) is 24.3 Å². The van der Waals surface area contributed by atoms with E-state index in [1.807, 2.05) is 24.3 Å². The molecule has 1 aromatic heterocycles. The van der Waals surface area contributed by atoms with Crippen LogP contribution in [0.5, 0.6) is 5.75 Å². The number of hydrogen-bond donors (Lipinski definition) is 1. The summed E-state index contributed by atoms with van der Waals surface area (Å²) in [6.45, 7) is 0.690. The molecule has 0 aliphatic rings. The molecule has 0 unspecified atom stereocenters. The van der Waals surface area contributed by atoms with Gasteiger partial charge in [0.15, 0.2) is 0 Å². The Labute approximate surface area is 102 Å². The molecule has 0 atom stereocenters. The van der Waals surface area contributed by atoms with Gasteiger partial charge in [-0.05, 0) is 29.3 Å². The average molecular weight is 256 g/mol. The first-order chi connectivity index (χ1) is 7.78. The lowest BCUT2D eigenvalue weighted by molar-refractivity contribution is 0.414. The first kappa shape index (κ1) is 11.2. The molecule has 2 aromatic rings. The van der Waals surface area contributed by atoms with Gasteiger partial charge in [0.1, 0.15) is 5.75 Å². The van der Waals surface area contributed by atoms with Crippen LogP contribution < -0.4 is 10.1 Å². The molecule has 1 heterocycles. The van der Waals surface area contributed by atoms with Crippen molar-refractivity contribution in [2.75, 3.05) is 12.4 Å². The molecule has 1 aromatic carbocycles. The fourth-order valence-electron chi connectivity index (χ4n) is 1.20. The third kappa shape index (κ3) is 2.84. The fraction of sp³-hybridized carbons (Fsp3) is 0.200. The molecule has 0 fully saturated rings. The molecule has 16 heavy (non-hydrogen) atoms. The predicted molar refractivity (Wildman–Crippen MR) is 65.2 cm³/mol. The van der Waals surface area contributed by atoms with Crippen LogP contribution in [0.4, 0.5) is 5.13 Å². The van der Waals surface area contributed by atoms with Crippen LogP contribution in [0.3, 0.4) is 0 Å². The average Bonchev–Trinajstić information content (AvgIpc) is 2.73. The Morgan fingerprint density at radius 2 is 2.12 bits per heavy atom. The summed E-state index contributed by atoms with van der Waals surface area (Å²) in [5.41, 5.74) is 1.15. The van der Waals surface area contributed by atoms with Gasteiger partial charge in [-0.25, -0.2) is 0 Å². The van der Waals surface area contributed by atoms with Gasteiger partial charge in [0, 0.05) is 18.1 Å². The second-order valence-electron chi connectivity index (χ2n) is 3.07. The molecule has 0 spiro atoms. The largest absolute Gasteiger partial charge is 0.497 e. The standard InChI is InChI=1S/C10H10ClN3OS/c1-15-8-4-2-7(3-5-8)6-12-10-13-9(11)14-16-10/h2-5H,6H2,1H3,(H,12,13,14). The van der Waals surface area contributed by atoms with Crippen LogP contribution >= 0.6 is 23.1 Å². The molecule has 84 valence electrons. The molecule has 0 aliphatic heterocycles.